The molecule has 2 atom stereocenters. The van der Waals surface area contributed by atoms with Crippen molar-refractivity contribution >= 4 is 5.91 Å². The summed E-state index contributed by atoms with van der Waals surface area (Å²) in [7, 11) is 0. The third kappa shape index (κ3) is 3.17. The maximum Gasteiger partial charge on any atom is 0.237 e. The van der Waals surface area contributed by atoms with E-state index in [9.17, 15) is 4.79 Å². The smallest absolute Gasteiger partial charge is 0.237 e. The summed E-state index contributed by atoms with van der Waals surface area (Å²) in [5.74, 6) is 1.34. The van der Waals surface area contributed by atoms with Gasteiger partial charge in [-0.2, -0.15) is 0 Å². The second kappa shape index (κ2) is 5.93. The molecule has 2 rings (SSSR count). The first-order chi connectivity index (χ1) is 9.11. The molecule has 0 aromatic heterocycles. The zero-order chi connectivity index (χ0) is 13.8. The number of benzene rings is 1. The van der Waals surface area contributed by atoms with Crippen LogP contribution in [-0.2, 0) is 4.79 Å². The molecule has 5 heteroatoms. The van der Waals surface area contributed by atoms with E-state index >= 15 is 0 Å². The van der Waals surface area contributed by atoms with Crippen molar-refractivity contribution < 1.29 is 14.3 Å². The van der Waals surface area contributed by atoms with Crippen molar-refractivity contribution in [1.29, 1.82) is 0 Å². The Hall–Kier alpha value is -1.75. The van der Waals surface area contributed by atoms with Crippen molar-refractivity contribution in [1.82, 2.24) is 5.32 Å². The second-order valence-electron chi connectivity index (χ2n) is 4.74. The van der Waals surface area contributed by atoms with Gasteiger partial charge in [-0.3, -0.25) is 4.79 Å². The highest BCUT2D eigenvalue weighted by Crippen LogP contribution is 2.34. The Kier molecular flexibility index (Phi) is 4.27. The summed E-state index contributed by atoms with van der Waals surface area (Å²) in [6.07, 6.45) is 1.59. The lowest BCUT2D eigenvalue weighted by Gasteiger charge is -2.17. The van der Waals surface area contributed by atoms with Gasteiger partial charge < -0.3 is 20.5 Å². The maximum atomic E-state index is 11.9. The van der Waals surface area contributed by atoms with Crippen LogP contribution < -0.4 is 20.5 Å². The Morgan fingerprint density at radius 2 is 2.16 bits per heavy atom. The molecule has 0 saturated heterocycles. The molecule has 0 fully saturated rings. The van der Waals surface area contributed by atoms with Crippen LogP contribution in [0.15, 0.2) is 18.2 Å². The normalized spacial score (nSPS) is 15.9. The van der Waals surface area contributed by atoms with Crippen molar-refractivity contribution in [3.8, 4) is 11.5 Å². The molecule has 1 aliphatic rings. The minimum Gasteiger partial charge on any atom is -0.454 e. The van der Waals surface area contributed by atoms with E-state index < -0.39 is 6.04 Å². The molecule has 1 aromatic carbocycles. The van der Waals surface area contributed by atoms with Crippen LogP contribution >= 0.6 is 0 Å². The number of hydrogen-bond acceptors (Lipinski definition) is 4. The van der Waals surface area contributed by atoms with E-state index in [1.54, 1.807) is 0 Å². The minimum absolute atomic E-state index is 0.107. The molecule has 1 heterocycles. The van der Waals surface area contributed by atoms with Crippen LogP contribution in [0.3, 0.4) is 0 Å². The summed E-state index contributed by atoms with van der Waals surface area (Å²) in [6, 6.07) is 5.11. The largest absolute Gasteiger partial charge is 0.454 e. The molecular weight excluding hydrogens is 244 g/mol. The molecule has 0 radical (unpaired) electrons. The number of amides is 1. The molecule has 5 nitrogen and oxygen atoms in total. The monoisotopic (exact) mass is 264 g/mol. The van der Waals surface area contributed by atoms with Crippen LogP contribution in [0.25, 0.3) is 0 Å². The molecule has 0 saturated carbocycles. The van der Waals surface area contributed by atoms with Crippen molar-refractivity contribution in [3.63, 3.8) is 0 Å². The average molecular weight is 264 g/mol. The summed E-state index contributed by atoms with van der Waals surface area (Å²) >= 11 is 0. The third-order valence-electron chi connectivity index (χ3n) is 3.19. The second-order valence-corrected chi connectivity index (χ2v) is 4.74. The van der Waals surface area contributed by atoms with E-state index in [1.165, 1.54) is 0 Å². The summed E-state index contributed by atoms with van der Waals surface area (Å²) in [4.78, 5) is 11.9. The summed E-state index contributed by atoms with van der Waals surface area (Å²) in [5, 5.41) is 2.91. The number of nitrogens with one attached hydrogen (secondary N) is 1. The van der Waals surface area contributed by atoms with Crippen LogP contribution in [-0.4, -0.2) is 18.7 Å². The Labute approximate surface area is 113 Å². The van der Waals surface area contributed by atoms with E-state index in [2.05, 4.69) is 5.32 Å². The highest BCUT2D eigenvalue weighted by Gasteiger charge is 2.19. The maximum absolute atomic E-state index is 11.9. The van der Waals surface area contributed by atoms with Gasteiger partial charge in [-0.25, -0.2) is 0 Å². The van der Waals surface area contributed by atoms with E-state index in [-0.39, 0.29) is 18.7 Å². The van der Waals surface area contributed by atoms with Gasteiger partial charge in [-0.05, 0) is 31.0 Å². The number of ether oxygens (including phenoxy) is 2. The fourth-order valence-electron chi connectivity index (χ4n) is 2.03. The molecule has 1 aliphatic heterocycles. The number of nitrogens with two attached hydrogens (primary N) is 1. The quantitative estimate of drug-likeness (QED) is 0.849. The Balaban J connectivity index is 2.00. The predicted molar refractivity (Wildman–Crippen MR) is 72.0 cm³/mol. The van der Waals surface area contributed by atoms with Crippen molar-refractivity contribution in [2.45, 2.75) is 38.8 Å². The average Bonchev–Trinajstić information content (AvgIpc) is 2.85. The van der Waals surface area contributed by atoms with Crippen molar-refractivity contribution in [2.75, 3.05) is 6.79 Å². The first kappa shape index (κ1) is 13.7. The lowest BCUT2D eigenvalue weighted by atomic mass is 10.1. The van der Waals surface area contributed by atoms with Gasteiger partial charge in [0.1, 0.15) is 0 Å². The molecule has 1 aromatic rings. The van der Waals surface area contributed by atoms with E-state index in [4.69, 9.17) is 15.2 Å². The molecule has 19 heavy (non-hydrogen) atoms. The van der Waals surface area contributed by atoms with Crippen molar-refractivity contribution in [3.05, 3.63) is 23.8 Å². The number of carbonyl (C=O) groups is 1. The molecule has 0 spiro atoms. The lowest BCUT2D eigenvalue weighted by Crippen LogP contribution is -2.41. The zero-order valence-electron chi connectivity index (χ0n) is 11.3. The van der Waals surface area contributed by atoms with Gasteiger partial charge in [0.25, 0.3) is 0 Å². The van der Waals surface area contributed by atoms with Crippen LogP contribution in [0.4, 0.5) is 0 Å². The van der Waals surface area contributed by atoms with Gasteiger partial charge in [0.05, 0.1) is 12.1 Å². The predicted octanol–water partition coefficient (Wildman–Crippen LogP) is 1.72. The van der Waals surface area contributed by atoms with Crippen molar-refractivity contribution in [2.24, 2.45) is 5.73 Å². The standard InChI is InChI=1S/C14H20N2O3/c1-3-4-11(15)14(17)16-9(2)10-5-6-12-13(7-10)19-8-18-12/h5-7,9,11H,3-4,8,15H2,1-2H3,(H,16,17)/t9?,11-/m1/s1. The first-order valence-corrected chi connectivity index (χ1v) is 6.57. The zero-order valence-corrected chi connectivity index (χ0v) is 11.3. The molecule has 0 aliphatic carbocycles. The van der Waals surface area contributed by atoms with Gasteiger partial charge in [0, 0.05) is 0 Å². The number of hydrogen-bond donors (Lipinski definition) is 2. The van der Waals surface area contributed by atoms with Gasteiger partial charge in [-0.1, -0.05) is 19.4 Å². The molecule has 0 bridgehead atoms. The Morgan fingerprint density at radius 3 is 2.89 bits per heavy atom. The minimum atomic E-state index is -0.443. The number of rotatable bonds is 5. The van der Waals surface area contributed by atoms with Gasteiger partial charge in [0.2, 0.25) is 12.7 Å². The molecule has 3 N–H and O–H groups in total. The third-order valence-corrected chi connectivity index (χ3v) is 3.19. The summed E-state index contributed by atoms with van der Waals surface area (Å²) < 4.78 is 10.6. The first-order valence-electron chi connectivity index (χ1n) is 6.57. The molecule has 1 unspecified atom stereocenters. The highest BCUT2D eigenvalue weighted by molar-refractivity contribution is 5.81. The molecule has 1 amide bonds. The Morgan fingerprint density at radius 1 is 1.42 bits per heavy atom. The highest BCUT2D eigenvalue weighted by atomic mass is 16.7. The van der Waals surface area contributed by atoms with Crippen LogP contribution in [0.2, 0.25) is 0 Å². The summed E-state index contributed by atoms with van der Waals surface area (Å²) in [5.41, 5.74) is 6.76. The SMILES string of the molecule is CCC[C@@H](N)C(=O)NC(C)c1ccc2c(c1)OCO2. The fourth-order valence-corrected chi connectivity index (χ4v) is 2.03. The molecular formula is C14H20N2O3. The summed E-state index contributed by atoms with van der Waals surface area (Å²) in [6.45, 7) is 4.18. The number of carbonyl (C=O) groups excluding carboxylic acids is 1. The van der Waals surface area contributed by atoms with E-state index in [0.717, 1.165) is 23.5 Å². The Bertz CT molecular complexity index is 462. The van der Waals surface area contributed by atoms with Gasteiger partial charge in [0.15, 0.2) is 11.5 Å². The van der Waals surface area contributed by atoms with E-state index in [1.807, 2.05) is 32.0 Å². The van der Waals surface area contributed by atoms with Crippen LogP contribution in [0.1, 0.15) is 38.3 Å². The topological polar surface area (TPSA) is 73.6 Å². The fraction of sp³-hybridized carbons (Fsp3) is 0.500. The molecule has 104 valence electrons. The van der Waals surface area contributed by atoms with E-state index in [0.29, 0.717) is 6.42 Å². The lowest BCUT2D eigenvalue weighted by molar-refractivity contribution is -0.123. The van der Waals surface area contributed by atoms with Gasteiger partial charge >= 0.3 is 0 Å². The van der Waals surface area contributed by atoms with Crippen LogP contribution in [0.5, 0.6) is 11.5 Å². The number of fused-ring (bicyclic) bond motifs is 1. The van der Waals surface area contributed by atoms with Crippen LogP contribution in [0, 0.1) is 0 Å². The van der Waals surface area contributed by atoms with Gasteiger partial charge in [-0.15, -0.1) is 0 Å².